The van der Waals surface area contributed by atoms with Gasteiger partial charge in [0.05, 0.1) is 0 Å². The molecule has 0 aliphatic heterocycles. The van der Waals surface area contributed by atoms with Gasteiger partial charge < -0.3 is 10.2 Å². The van der Waals surface area contributed by atoms with Crippen LogP contribution in [-0.2, 0) is 16.1 Å². The fraction of sp³-hybridized carbons (Fsp3) is 0.467. The highest BCUT2D eigenvalue weighted by Crippen LogP contribution is 2.07. The van der Waals surface area contributed by atoms with Gasteiger partial charge in [0.1, 0.15) is 5.82 Å². The molecule has 1 aromatic carbocycles. The van der Waals surface area contributed by atoms with Crippen molar-refractivity contribution < 1.29 is 14.0 Å². The third-order valence-electron chi connectivity index (χ3n) is 2.79. The maximum Gasteiger partial charge on any atom is 0.221 e. The maximum atomic E-state index is 12.8. The van der Waals surface area contributed by atoms with Crippen molar-refractivity contribution in [2.75, 3.05) is 6.54 Å². The van der Waals surface area contributed by atoms with Crippen LogP contribution in [0.15, 0.2) is 24.3 Å². The second kappa shape index (κ2) is 7.62. The molecule has 0 atom stereocenters. The van der Waals surface area contributed by atoms with Crippen molar-refractivity contribution in [1.29, 1.82) is 0 Å². The van der Waals surface area contributed by atoms with Gasteiger partial charge in [-0.25, -0.2) is 4.39 Å². The van der Waals surface area contributed by atoms with Gasteiger partial charge >= 0.3 is 0 Å². The summed E-state index contributed by atoms with van der Waals surface area (Å²) in [6, 6.07) is 6.09. The lowest BCUT2D eigenvalue weighted by molar-refractivity contribution is -0.130. The molecule has 0 aromatic heterocycles. The van der Waals surface area contributed by atoms with Gasteiger partial charge in [-0.3, -0.25) is 9.59 Å². The lowest BCUT2D eigenvalue weighted by Crippen LogP contribution is -2.35. The summed E-state index contributed by atoms with van der Waals surface area (Å²) >= 11 is 0. The molecule has 0 saturated carbocycles. The number of hydrogen-bond donors (Lipinski definition) is 1. The average molecular weight is 280 g/mol. The molecule has 1 aromatic rings. The summed E-state index contributed by atoms with van der Waals surface area (Å²) in [6.45, 7) is 5.97. The molecule has 0 fully saturated rings. The first-order valence-electron chi connectivity index (χ1n) is 6.68. The van der Waals surface area contributed by atoms with E-state index in [-0.39, 0.29) is 30.1 Å². The fourth-order valence-corrected chi connectivity index (χ4v) is 1.79. The monoisotopic (exact) mass is 280 g/mol. The Morgan fingerprint density at radius 1 is 1.25 bits per heavy atom. The molecule has 0 heterocycles. The lowest BCUT2D eigenvalue weighted by Gasteiger charge is -2.21. The van der Waals surface area contributed by atoms with Gasteiger partial charge in [-0.2, -0.15) is 0 Å². The van der Waals surface area contributed by atoms with Crippen LogP contribution in [0.1, 0.15) is 32.8 Å². The first-order valence-corrected chi connectivity index (χ1v) is 6.68. The molecule has 1 N–H and O–H groups in total. The van der Waals surface area contributed by atoms with E-state index in [1.54, 1.807) is 17.0 Å². The molecule has 0 bridgehead atoms. The summed E-state index contributed by atoms with van der Waals surface area (Å²) in [6.07, 6.45) is 0.263. The summed E-state index contributed by atoms with van der Waals surface area (Å²) < 4.78 is 12.8. The first kappa shape index (κ1) is 16.1. The van der Waals surface area contributed by atoms with Gasteiger partial charge in [0.15, 0.2) is 0 Å². The molecule has 0 unspecified atom stereocenters. The summed E-state index contributed by atoms with van der Waals surface area (Å²) in [5.74, 6) is -0.489. The van der Waals surface area contributed by atoms with Crippen molar-refractivity contribution in [2.24, 2.45) is 0 Å². The van der Waals surface area contributed by atoms with Gasteiger partial charge in [0.2, 0.25) is 11.8 Å². The molecule has 0 saturated heterocycles. The van der Waals surface area contributed by atoms with E-state index in [1.807, 2.05) is 13.8 Å². The van der Waals surface area contributed by atoms with Gasteiger partial charge in [0, 0.05) is 32.5 Å². The normalized spacial score (nSPS) is 10.4. The molecular weight excluding hydrogens is 259 g/mol. The summed E-state index contributed by atoms with van der Waals surface area (Å²) in [5.41, 5.74) is 0.839. The quantitative estimate of drug-likeness (QED) is 0.867. The van der Waals surface area contributed by atoms with E-state index < -0.39 is 0 Å². The van der Waals surface area contributed by atoms with Gasteiger partial charge in [0.25, 0.3) is 0 Å². The van der Waals surface area contributed by atoms with E-state index >= 15 is 0 Å². The molecule has 0 spiro atoms. The average Bonchev–Trinajstić information content (AvgIpc) is 2.35. The number of hydrogen-bond acceptors (Lipinski definition) is 2. The maximum absolute atomic E-state index is 12.8. The number of benzene rings is 1. The third-order valence-corrected chi connectivity index (χ3v) is 2.79. The smallest absolute Gasteiger partial charge is 0.221 e. The summed E-state index contributed by atoms with van der Waals surface area (Å²) in [5, 5.41) is 2.78. The van der Waals surface area contributed by atoms with Gasteiger partial charge in [-0.05, 0) is 31.5 Å². The number of rotatable bonds is 6. The largest absolute Gasteiger partial charge is 0.354 e. The van der Waals surface area contributed by atoms with Crippen LogP contribution in [0.5, 0.6) is 0 Å². The number of nitrogens with one attached hydrogen (secondary N) is 1. The molecule has 2 amide bonds. The summed E-state index contributed by atoms with van der Waals surface area (Å²) in [7, 11) is 0. The van der Waals surface area contributed by atoms with Crippen molar-refractivity contribution in [3.05, 3.63) is 35.6 Å². The van der Waals surface area contributed by atoms with Crippen LogP contribution in [-0.4, -0.2) is 29.3 Å². The highest BCUT2D eigenvalue weighted by atomic mass is 19.1. The minimum absolute atomic E-state index is 0.0784. The predicted octanol–water partition coefficient (Wildman–Crippen LogP) is 2.09. The molecule has 4 nitrogen and oxygen atoms in total. The molecular formula is C15H21FN2O2. The van der Waals surface area contributed by atoms with Crippen molar-refractivity contribution in [3.63, 3.8) is 0 Å². The van der Waals surface area contributed by atoms with E-state index in [9.17, 15) is 14.0 Å². The molecule has 110 valence electrons. The number of amides is 2. The van der Waals surface area contributed by atoms with Crippen LogP contribution in [0.3, 0.4) is 0 Å². The van der Waals surface area contributed by atoms with Crippen molar-refractivity contribution in [3.8, 4) is 0 Å². The third kappa shape index (κ3) is 5.82. The van der Waals surface area contributed by atoms with Crippen molar-refractivity contribution >= 4 is 11.8 Å². The Labute approximate surface area is 119 Å². The van der Waals surface area contributed by atoms with Crippen LogP contribution in [0.2, 0.25) is 0 Å². The predicted molar refractivity (Wildman–Crippen MR) is 75.4 cm³/mol. The molecule has 0 aliphatic rings. The van der Waals surface area contributed by atoms with Crippen LogP contribution in [0, 0.1) is 5.82 Å². The standard InChI is InChI=1S/C15H21FN2O2/c1-11(2)17-15(20)8-9-18(12(3)19)10-13-4-6-14(16)7-5-13/h4-7,11H,8-10H2,1-3H3,(H,17,20). The van der Waals surface area contributed by atoms with Crippen molar-refractivity contribution in [1.82, 2.24) is 10.2 Å². The second-order valence-corrected chi connectivity index (χ2v) is 5.04. The Kier molecular flexibility index (Phi) is 6.15. The van der Waals surface area contributed by atoms with Crippen LogP contribution in [0.25, 0.3) is 0 Å². The zero-order valence-electron chi connectivity index (χ0n) is 12.1. The van der Waals surface area contributed by atoms with Crippen LogP contribution >= 0.6 is 0 Å². The van der Waals surface area contributed by atoms with Gasteiger partial charge in [-0.15, -0.1) is 0 Å². The Morgan fingerprint density at radius 3 is 2.35 bits per heavy atom. The number of carbonyl (C=O) groups excluding carboxylic acids is 2. The minimum atomic E-state index is -0.306. The molecule has 20 heavy (non-hydrogen) atoms. The van der Waals surface area contributed by atoms with Crippen molar-refractivity contribution in [2.45, 2.75) is 39.8 Å². The fourth-order valence-electron chi connectivity index (χ4n) is 1.79. The zero-order chi connectivity index (χ0) is 15.1. The highest BCUT2D eigenvalue weighted by Gasteiger charge is 2.12. The number of nitrogens with zero attached hydrogens (tertiary/aromatic N) is 1. The van der Waals surface area contributed by atoms with E-state index in [0.717, 1.165) is 5.56 Å². The van der Waals surface area contributed by atoms with Crippen LogP contribution < -0.4 is 5.32 Å². The Balaban J connectivity index is 2.55. The highest BCUT2D eigenvalue weighted by molar-refractivity contribution is 5.78. The Bertz CT molecular complexity index is 457. The number of halogens is 1. The molecule has 1 rings (SSSR count). The minimum Gasteiger partial charge on any atom is -0.354 e. The summed E-state index contributed by atoms with van der Waals surface area (Å²) in [4.78, 5) is 24.7. The van der Waals surface area contributed by atoms with E-state index in [1.165, 1.54) is 19.1 Å². The van der Waals surface area contributed by atoms with E-state index in [2.05, 4.69) is 5.32 Å². The second-order valence-electron chi connectivity index (χ2n) is 5.04. The first-order chi connectivity index (χ1) is 9.38. The number of carbonyl (C=O) groups is 2. The van der Waals surface area contributed by atoms with Crippen LogP contribution in [0.4, 0.5) is 4.39 Å². The Hall–Kier alpha value is -1.91. The topological polar surface area (TPSA) is 49.4 Å². The van der Waals surface area contributed by atoms with E-state index in [4.69, 9.17) is 0 Å². The zero-order valence-corrected chi connectivity index (χ0v) is 12.1. The molecule has 0 aliphatic carbocycles. The lowest BCUT2D eigenvalue weighted by atomic mass is 10.2. The van der Waals surface area contributed by atoms with Gasteiger partial charge in [-0.1, -0.05) is 12.1 Å². The van der Waals surface area contributed by atoms with E-state index in [0.29, 0.717) is 13.1 Å². The molecule has 5 heteroatoms. The Morgan fingerprint density at radius 2 is 1.85 bits per heavy atom. The SMILES string of the molecule is CC(=O)N(CCC(=O)NC(C)C)Cc1ccc(F)cc1. The molecule has 0 radical (unpaired) electrons.